The van der Waals surface area contributed by atoms with Gasteiger partial charge in [-0.2, -0.15) is 0 Å². The molecule has 2 N–H and O–H groups in total. The zero-order valence-corrected chi connectivity index (χ0v) is 18.9. The highest BCUT2D eigenvalue weighted by molar-refractivity contribution is 5.89. The van der Waals surface area contributed by atoms with Gasteiger partial charge in [0, 0.05) is 25.2 Å². The first-order chi connectivity index (χ1) is 14.7. The fraction of sp³-hybridized carbons (Fsp3) is 0.440. The summed E-state index contributed by atoms with van der Waals surface area (Å²) >= 11 is 0. The zero-order valence-electron chi connectivity index (χ0n) is 18.9. The average Bonchev–Trinajstić information content (AvgIpc) is 3.15. The molecule has 0 bridgehead atoms. The highest BCUT2D eigenvalue weighted by Gasteiger charge is 2.48. The van der Waals surface area contributed by atoms with E-state index in [1.807, 2.05) is 69.3 Å². The minimum absolute atomic E-state index is 0.0969. The SMILES string of the molecule is COC(=O)[C@@H](NC1(C(=O)NC(C)(C)C)CCN(Cc2ccccc2)C1)c1ccccc1. The Labute approximate surface area is 185 Å². The predicted octanol–water partition coefficient (Wildman–Crippen LogP) is 3.05. The molecule has 6 heteroatoms. The van der Waals surface area contributed by atoms with Crippen molar-refractivity contribution >= 4 is 11.9 Å². The van der Waals surface area contributed by atoms with Crippen LogP contribution >= 0.6 is 0 Å². The normalized spacial score (nSPS) is 20.3. The number of nitrogens with zero attached hydrogens (tertiary/aromatic N) is 1. The smallest absolute Gasteiger partial charge is 0.327 e. The highest BCUT2D eigenvalue weighted by atomic mass is 16.5. The molecule has 1 aliphatic heterocycles. The first-order valence-electron chi connectivity index (χ1n) is 10.7. The Balaban J connectivity index is 1.89. The Kier molecular flexibility index (Phi) is 7.13. The maximum Gasteiger partial charge on any atom is 0.327 e. The third-order valence-corrected chi connectivity index (χ3v) is 5.51. The van der Waals surface area contributed by atoms with Crippen molar-refractivity contribution < 1.29 is 14.3 Å². The van der Waals surface area contributed by atoms with Gasteiger partial charge in [0.05, 0.1) is 7.11 Å². The van der Waals surface area contributed by atoms with Crippen LogP contribution < -0.4 is 10.6 Å². The van der Waals surface area contributed by atoms with Crippen molar-refractivity contribution in [3.05, 3.63) is 71.8 Å². The van der Waals surface area contributed by atoms with Crippen LogP contribution in [0.3, 0.4) is 0 Å². The fourth-order valence-corrected chi connectivity index (χ4v) is 4.01. The average molecular weight is 424 g/mol. The summed E-state index contributed by atoms with van der Waals surface area (Å²) in [6, 6.07) is 18.9. The third kappa shape index (κ3) is 5.93. The van der Waals surface area contributed by atoms with Crippen molar-refractivity contribution in [1.82, 2.24) is 15.5 Å². The van der Waals surface area contributed by atoms with Gasteiger partial charge in [-0.05, 0) is 38.3 Å². The van der Waals surface area contributed by atoms with Crippen LogP contribution in [0, 0.1) is 0 Å². The van der Waals surface area contributed by atoms with E-state index in [-0.39, 0.29) is 11.4 Å². The van der Waals surface area contributed by atoms with Gasteiger partial charge in [-0.25, -0.2) is 4.79 Å². The van der Waals surface area contributed by atoms with Crippen molar-refractivity contribution in [2.75, 3.05) is 20.2 Å². The van der Waals surface area contributed by atoms with E-state index < -0.39 is 17.6 Å². The lowest BCUT2D eigenvalue weighted by Crippen LogP contribution is -2.63. The Morgan fingerprint density at radius 3 is 2.26 bits per heavy atom. The molecule has 2 aromatic carbocycles. The number of nitrogens with one attached hydrogen (secondary N) is 2. The van der Waals surface area contributed by atoms with Crippen molar-refractivity contribution in [2.45, 2.75) is 50.9 Å². The molecule has 6 nitrogen and oxygen atoms in total. The second-order valence-corrected chi connectivity index (χ2v) is 9.24. The predicted molar refractivity (Wildman–Crippen MR) is 121 cm³/mol. The largest absolute Gasteiger partial charge is 0.468 e. The molecule has 0 saturated carbocycles. The standard InChI is InChI=1S/C25H33N3O3/c1-24(2,3)27-23(30)25(15-16-28(18-25)17-19-11-7-5-8-12-19)26-21(22(29)31-4)20-13-9-6-10-14-20/h5-14,21,26H,15-18H2,1-4H3,(H,27,30)/t21-,25?/m0/s1. The van der Waals surface area contributed by atoms with Gasteiger partial charge in [-0.1, -0.05) is 60.7 Å². The van der Waals surface area contributed by atoms with Crippen molar-refractivity contribution in [3.63, 3.8) is 0 Å². The van der Waals surface area contributed by atoms with E-state index in [1.165, 1.54) is 12.7 Å². The number of rotatable bonds is 7. The van der Waals surface area contributed by atoms with Gasteiger partial charge in [-0.15, -0.1) is 0 Å². The number of amides is 1. The molecule has 0 spiro atoms. The van der Waals surface area contributed by atoms with Crippen LogP contribution in [-0.2, 0) is 20.9 Å². The van der Waals surface area contributed by atoms with E-state index in [4.69, 9.17) is 4.74 Å². The number of carbonyl (C=O) groups excluding carboxylic acids is 2. The highest BCUT2D eigenvalue weighted by Crippen LogP contribution is 2.28. The summed E-state index contributed by atoms with van der Waals surface area (Å²) in [7, 11) is 1.37. The van der Waals surface area contributed by atoms with Crippen LogP contribution in [0.5, 0.6) is 0 Å². The quantitative estimate of drug-likeness (QED) is 0.670. The summed E-state index contributed by atoms with van der Waals surface area (Å²) in [6.45, 7) is 7.90. The van der Waals surface area contributed by atoms with E-state index in [0.717, 1.165) is 18.7 Å². The molecular formula is C25H33N3O3. The molecular weight excluding hydrogens is 390 g/mol. The number of methoxy groups -OCH3 is 1. The summed E-state index contributed by atoms with van der Waals surface area (Å²) < 4.78 is 5.08. The molecule has 1 saturated heterocycles. The number of hydrogen-bond acceptors (Lipinski definition) is 5. The molecule has 0 aliphatic carbocycles. The van der Waals surface area contributed by atoms with Gasteiger partial charge < -0.3 is 10.1 Å². The summed E-state index contributed by atoms with van der Waals surface area (Å²) in [5, 5.41) is 6.53. The van der Waals surface area contributed by atoms with Crippen molar-refractivity contribution in [2.24, 2.45) is 0 Å². The van der Waals surface area contributed by atoms with Gasteiger partial charge in [0.15, 0.2) is 0 Å². The van der Waals surface area contributed by atoms with E-state index >= 15 is 0 Å². The van der Waals surface area contributed by atoms with E-state index in [9.17, 15) is 9.59 Å². The number of hydrogen-bond donors (Lipinski definition) is 2. The van der Waals surface area contributed by atoms with Gasteiger partial charge in [-0.3, -0.25) is 15.0 Å². The molecule has 0 radical (unpaired) electrons. The second-order valence-electron chi connectivity index (χ2n) is 9.24. The number of benzene rings is 2. The minimum Gasteiger partial charge on any atom is -0.468 e. The molecule has 166 valence electrons. The van der Waals surface area contributed by atoms with Crippen LogP contribution in [0.1, 0.15) is 44.4 Å². The Morgan fingerprint density at radius 2 is 1.68 bits per heavy atom. The van der Waals surface area contributed by atoms with Crippen molar-refractivity contribution in [3.8, 4) is 0 Å². The van der Waals surface area contributed by atoms with Gasteiger partial charge in [0.1, 0.15) is 11.6 Å². The van der Waals surface area contributed by atoms with Crippen LogP contribution in [-0.4, -0.2) is 48.1 Å². The molecule has 1 heterocycles. The van der Waals surface area contributed by atoms with Gasteiger partial charge in [0.2, 0.25) is 5.91 Å². The molecule has 0 aromatic heterocycles. The minimum atomic E-state index is -0.906. The topological polar surface area (TPSA) is 70.7 Å². The second kappa shape index (κ2) is 9.62. The van der Waals surface area contributed by atoms with Crippen LogP contribution in [0.15, 0.2) is 60.7 Å². The third-order valence-electron chi connectivity index (χ3n) is 5.51. The Morgan fingerprint density at radius 1 is 1.06 bits per heavy atom. The monoisotopic (exact) mass is 423 g/mol. The van der Waals surface area contributed by atoms with Crippen LogP contribution in [0.4, 0.5) is 0 Å². The summed E-state index contributed by atoms with van der Waals surface area (Å²) in [6.07, 6.45) is 0.599. The molecule has 31 heavy (non-hydrogen) atoms. The summed E-state index contributed by atoms with van der Waals surface area (Å²) in [4.78, 5) is 28.5. The van der Waals surface area contributed by atoms with Gasteiger partial charge >= 0.3 is 5.97 Å². The number of likely N-dealkylation sites (tertiary alicyclic amines) is 1. The molecule has 1 unspecified atom stereocenters. The Bertz CT molecular complexity index is 880. The maximum absolute atomic E-state index is 13.5. The van der Waals surface area contributed by atoms with E-state index in [2.05, 4.69) is 27.7 Å². The lowest BCUT2D eigenvalue weighted by atomic mass is 9.92. The fourth-order valence-electron chi connectivity index (χ4n) is 4.01. The lowest BCUT2D eigenvalue weighted by Gasteiger charge is -2.36. The molecule has 1 fully saturated rings. The number of esters is 1. The van der Waals surface area contributed by atoms with Gasteiger partial charge in [0.25, 0.3) is 0 Å². The lowest BCUT2D eigenvalue weighted by molar-refractivity contribution is -0.144. The van der Waals surface area contributed by atoms with Crippen LogP contribution in [0.2, 0.25) is 0 Å². The van der Waals surface area contributed by atoms with Crippen molar-refractivity contribution in [1.29, 1.82) is 0 Å². The van der Waals surface area contributed by atoms with E-state index in [1.54, 1.807) is 0 Å². The Hall–Kier alpha value is -2.70. The first-order valence-corrected chi connectivity index (χ1v) is 10.7. The zero-order chi connectivity index (χ0) is 22.5. The molecule has 2 aromatic rings. The van der Waals surface area contributed by atoms with Crippen LogP contribution in [0.25, 0.3) is 0 Å². The summed E-state index contributed by atoms with van der Waals surface area (Å²) in [5.41, 5.74) is 0.684. The number of carbonyl (C=O) groups is 2. The van der Waals surface area contributed by atoms with E-state index in [0.29, 0.717) is 13.0 Å². The maximum atomic E-state index is 13.5. The molecule has 1 aliphatic rings. The summed E-state index contributed by atoms with van der Waals surface area (Å²) in [5.74, 6) is -0.504. The first kappa shape index (κ1) is 23.0. The number of ether oxygens (including phenoxy) is 1. The molecule has 2 atom stereocenters. The molecule has 1 amide bonds. The molecule has 3 rings (SSSR count).